The van der Waals surface area contributed by atoms with E-state index >= 15 is 0 Å². The third kappa shape index (κ3) is 4.09. The summed E-state index contributed by atoms with van der Waals surface area (Å²) in [4.78, 5) is -0.0731. The molecule has 8 heteroatoms. The van der Waals surface area contributed by atoms with Gasteiger partial charge in [0.15, 0.2) is 9.84 Å². The molecule has 6 nitrogen and oxygen atoms in total. The molecule has 0 radical (unpaired) electrons. The van der Waals surface area contributed by atoms with E-state index in [2.05, 4.69) is 10.0 Å². The van der Waals surface area contributed by atoms with Gasteiger partial charge in [-0.25, -0.2) is 21.6 Å². The molecule has 0 saturated heterocycles. The molecular formula is C17H20N2O4S2. The highest BCUT2D eigenvalue weighted by Gasteiger charge is 2.23. The van der Waals surface area contributed by atoms with Gasteiger partial charge in [-0.15, -0.1) is 0 Å². The fourth-order valence-corrected chi connectivity index (χ4v) is 4.76. The number of rotatable bonds is 5. The zero-order valence-electron chi connectivity index (χ0n) is 13.8. The van der Waals surface area contributed by atoms with E-state index in [1.54, 1.807) is 0 Å². The van der Waals surface area contributed by atoms with Gasteiger partial charge in [-0.2, -0.15) is 0 Å². The number of sulfonamides is 1. The Morgan fingerprint density at radius 3 is 2.52 bits per heavy atom. The quantitative estimate of drug-likeness (QED) is 0.815. The summed E-state index contributed by atoms with van der Waals surface area (Å²) in [5, 5.41) is 3.31. The Morgan fingerprint density at radius 1 is 1.04 bits per heavy atom. The van der Waals surface area contributed by atoms with E-state index in [1.165, 1.54) is 29.8 Å². The molecule has 1 unspecified atom stereocenters. The summed E-state index contributed by atoms with van der Waals surface area (Å²) in [7, 11) is -7.26. The van der Waals surface area contributed by atoms with E-state index in [-0.39, 0.29) is 22.4 Å². The fraction of sp³-hybridized carbons (Fsp3) is 0.294. The Labute approximate surface area is 148 Å². The number of nitrogens with one attached hydrogen (secondary N) is 2. The van der Waals surface area contributed by atoms with Gasteiger partial charge < -0.3 is 5.32 Å². The van der Waals surface area contributed by atoms with Gasteiger partial charge in [-0.05, 0) is 42.3 Å². The van der Waals surface area contributed by atoms with Gasteiger partial charge in [0.1, 0.15) is 0 Å². The second kappa shape index (κ2) is 6.87. The highest BCUT2D eigenvalue weighted by Crippen LogP contribution is 2.23. The lowest BCUT2D eigenvalue weighted by Crippen LogP contribution is -2.38. The van der Waals surface area contributed by atoms with Crippen molar-refractivity contribution < 1.29 is 16.8 Å². The topological polar surface area (TPSA) is 92.3 Å². The number of fused-ring (bicyclic) bond motifs is 1. The number of sulfone groups is 1. The van der Waals surface area contributed by atoms with Crippen LogP contribution in [-0.2, 0) is 26.3 Å². The third-order valence-corrected chi connectivity index (χ3v) is 6.77. The summed E-state index contributed by atoms with van der Waals surface area (Å²) in [6.07, 6.45) is 1.96. The smallest absolute Gasteiger partial charge is 0.240 e. The van der Waals surface area contributed by atoms with Crippen molar-refractivity contribution >= 4 is 19.9 Å². The molecule has 2 N–H and O–H groups in total. The lowest BCUT2D eigenvalue weighted by molar-refractivity contribution is 0.491. The molecule has 25 heavy (non-hydrogen) atoms. The fourth-order valence-electron chi connectivity index (χ4n) is 2.92. The van der Waals surface area contributed by atoms with Crippen LogP contribution in [0.4, 0.5) is 0 Å². The highest BCUT2D eigenvalue weighted by molar-refractivity contribution is 7.91. The van der Waals surface area contributed by atoms with Gasteiger partial charge in [-0.1, -0.05) is 30.3 Å². The van der Waals surface area contributed by atoms with Crippen molar-refractivity contribution in [3.05, 3.63) is 59.7 Å². The van der Waals surface area contributed by atoms with Crippen LogP contribution in [0.15, 0.2) is 58.3 Å². The van der Waals surface area contributed by atoms with E-state index in [9.17, 15) is 16.8 Å². The van der Waals surface area contributed by atoms with Gasteiger partial charge in [0.2, 0.25) is 10.0 Å². The number of benzene rings is 2. The molecule has 1 aliphatic heterocycles. The van der Waals surface area contributed by atoms with Crippen molar-refractivity contribution in [3.63, 3.8) is 0 Å². The normalized spacial score (nSPS) is 17.9. The summed E-state index contributed by atoms with van der Waals surface area (Å²) < 4.78 is 50.9. The van der Waals surface area contributed by atoms with E-state index < -0.39 is 19.9 Å². The molecule has 0 saturated carbocycles. The molecule has 1 heterocycles. The van der Waals surface area contributed by atoms with Gasteiger partial charge in [0.05, 0.1) is 9.79 Å². The summed E-state index contributed by atoms with van der Waals surface area (Å²) in [6.45, 7) is 0.982. The number of hydrogen-bond donors (Lipinski definition) is 2. The van der Waals surface area contributed by atoms with E-state index in [0.29, 0.717) is 0 Å². The van der Waals surface area contributed by atoms with Crippen LogP contribution in [0.25, 0.3) is 0 Å². The molecule has 2 aromatic carbocycles. The molecule has 1 aliphatic rings. The molecule has 0 spiro atoms. The zero-order chi connectivity index (χ0) is 18.1. The second-order valence-electron chi connectivity index (χ2n) is 6.05. The van der Waals surface area contributed by atoms with E-state index in [0.717, 1.165) is 24.8 Å². The molecule has 2 aromatic rings. The highest BCUT2D eigenvalue weighted by atomic mass is 32.2. The molecule has 0 amide bonds. The molecule has 0 fully saturated rings. The van der Waals surface area contributed by atoms with Crippen LogP contribution in [0, 0.1) is 0 Å². The first-order chi connectivity index (χ1) is 11.8. The first-order valence-electron chi connectivity index (χ1n) is 7.88. The first kappa shape index (κ1) is 18.1. The van der Waals surface area contributed by atoms with Crippen LogP contribution >= 0.6 is 0 Å². The summed E-state index contributed by atoms with van der Waals surface area (Å²) in [6, 6.07) is 13.2. The maximum Gasteiger partial charge on any atom is 0.240 e. The molecule has 0 bridgehead atoms. The average molecular weight is 380 g/mol. The summed E-state index contributed by atoms with van der Waals surface area (Å²) >= 11 is 0. The maximum absolute atomic E-state index is 12.5. The Bertz CT molecular complexity index is 985. The second-order valence-corrected chi connectivity index (χ2v) is 9.84. The Hall–Kier alpha value is -1.74. The van der Waals surface area contributed by atoms with Crippen molar-refractivity contribution in [1.82, 2.24) is 10.0 Å². The Balaban J connectivity index is 1.80. The van der Waals surface area contributed by atoms with Crippen LogP contribution in [0.2, 0.25) is 0 Å². The molecule has 3 rings (SSSR count). The monoisotopic (exact) mass is 380 g/mol. The van der Waals surface area contributed by atoms with Crippen molar-refractivity contribution in [2.75, 3.05) is 19.3 Å². The van der Waals surface area contributed by atoms with Gasteiger partial charge in [-0.3, -0.25) is 0 Å². The van der Waals surface area contributed by atoms with Crippen LogP contribution in [0.5, 0.6) is 0 Å². The molecule has 1 atom stereocenters. The predicted molar refractivity (Wildman–Crippen MR) is 95.6 cm³/mol. The average Bonchev–Trinajstić information content (AvgIpc) is 2.59. The van der Waals surface area contributed by atoms with Crippen molar-refractivity contribution in [1.29, 1.82) is 0 Å². The van der Waals surface area contributed by atoms with Crippen molar-refractivity contribution in [2.45, 2.75) is 22.3 Å². The third-order valence-electron chi connectivity index (χ3n) is 4.24. The van der Waals surface area contributed by atoms with E-state index in [1.807, 2.05) is 24.3 Å². The maximum atomic E-state index is 12.5. The van der Waals surface area contributed by atoms with Crippen molar-refractivity contribution in [2.24, 2.45) is 0 Å². The summed E-state index contributed by atoms with van der Waals surface area (Å²) in [5.74, 6) is 0. The summed E-state index contributed by atoms with van der Waals surface area (Å²) in [5.41, 5.74) is 2.30. The molecular weight excluding hydrogens is 360 g/mol. The van der Waals surface area contributed by atoms with E-state index in [4.69, 9.17) is 0 Å². The van der Waals surface area contributed by atoms with Gasteiger partial charge >= 0.3 is 0 Å². The standard InChI is InChI=1S/C17H20N2O4S2/c1-24(20,21)14-6-4-7-15(11-14)25(22,23)19-12-17-16-8-3-2-5-13(16)9-10-18-17/h2-8,11,17-19H,9-10,12H2,1H3. The SMILES string of the molecule is CS(=O)(=O)c1cccc(S(=O)(=O)NCC2NCCc3ccccc32)c1. The Kier molecular flexibility index (Phi) is 4.97. The minimum absolute atomic E-state index is 0.0171. The molecule has 0 aromatic heterocycles. The predicted octanol–water partition coefficient (Wildman–Crippen LogP) is 1.26. The Morgan fingerprint density at radius 2 is 1.76 bits per heavy atom. The molecule has 0 aliphatic carbocycles. The molecule has 134 valence electrons. The zero-order valence-corrected chi connectivity index (χ0v) is 15.4. The van der Waals surface area contributed by atoms with Crippen LogP contribution in [0.3, 0.4) is 0 Å². The largest absolute Gasteiger partial charge is 0.308 e. The van der Waals surface area contributed by atoms with Crippen LogP contribution in [0.1, 0.15) is 17.2 Å². The minimum Gasteiger partial charge on any atom is -0.308 e. The lowest BCUT2D eigenvalue weighted by atomic mass is 9.95. The minimum atomic E-state index is -3.80. The lowest BCUT2D eigenvalue weighted by Gasteiger charge is -2.27. The number of hydrogen-bond acceptors (Lipinski definition) is 5. The van der Waals surface area contributed by atoms with Gasteiger partial charge in [0, 0.05) is 18.8 Å². The van der Waals surface area contributed by atoms with Crippen molar-refractivity contribution in [3.8, 4) is 0 Å². The van der Waals surface area contributed by atoms with Crippen LogP contribution < -0.4 is 10.0 Å². The van der Waals surface area contributed by atoms with Gasteiger partial charge in [0.25, 0.3) is 0 Å². The first-order valence-corrected chi connectivity index (χ1v) is 11.3. The van der Waals surface area contributed by atoms with Crippen LogP contribution in [-0.4, -0.2) is 36.2 Å².